The van der Waals surface area contributed by atoms with E-state index in [2.05, 4.69) is 0 Å². The Morgan fingerprint density at radius 1 is 1.24 bits per heavy atom. The van der Waals surface area contributed by atoms with Gasteiger partial charge in [0.05, 0.1) is 20.6 Å². The minimum atomic E-state index is -0.261. The Labute approximate surface area is 117 Å². The Morgan fingerprint density at radius 2 is 1.88 bits per heavy atom. The maximum absolute atomic E-state index is 11.0. The van der Waals surface area contributed by atoms with Crippen LogP contribution in [0.4, 0.5) is 0 Å². The third-order valence-corrected chi connectivity index (χ3v) is 5.02. The van der Waals surface area contributed by atoms with E-state index in [0.29, 0.717) is 6.61 Å². The first-order valence-electron chi connectivity index (χ1n) is 6.24. The molecule has 5 heteroatoms. The number of esters is 1. The van der Waals surface area contributed by atoms with Crippen LogP contribution in [-0.2, 0) is 9.53 Å². The van der Waals surface area contributed by atoms with E-state index in [-0.39, 0.29) is 19.9 Å². The molecule has 0 aromatic rings. The number of alkyl halides is 2. The number of rotatable bonds is 10. The van der Waals surface area contributed by atoms with Gasteiger partial charge in [0.15, 0.2) is 0 Å². The Morgan fingerprint density at radius 3 is 2.53 bits per heavy atom. The standard InChI is InChI=1S/C12H22Cl2O2Si/c1-2-8-11(15)16-9-6-4-3-5-7-10-17-12(13)14/h2,8,12H,3-7,9-10,17H2,1H3. The van der Waals surface area contributed by atoms with Gasteiger partial charge in [-0.25, -0.2) is 4.79 Å². The molecule has 0 amide bonds. The molecule has 2 nitrogen and oxygen atoms in total. The molecule has 0 rings (SSSR count). The first-order valence-corrected chi connectivity index (χ1v) is 8.93. The third-order valence-electron chi connectivity index (χ3n) is 2.36. The molecule has 0 N–H and O–H groups in total. The quantitative estimate of drug-likeness (QED) is 0.203. The van der Waals surface area contributed by atoms with E-state index in [9.17, 15) is 4.79 Å². The maximum atomic E-state index is 11.0. The normalized spacial score (nSPS) is 12.0. The zero-order valence-electron chi connectivity index (χ0n) is 10.5. The summed E-state index contributed by atoms with van der Waals surface area (Å²) < 4.78 is 4.91. The predicted molar refractivity (Wildman–Crippen MR) is 77.7 cm³/mol. The van der Waals surface area contributed by atoms with E-state index in [4.69, 9.17) is 27.9 Å². The van der Waals surface area contributed by atoms with E-state index >= 15 is 0 Å². The summed E-state index contributed by atoms with van der Waals surface area (Å²) in [7, 11) is -0.261. The molecular formula is C12H22Cl2O2Si. The third kappa shape index (κ3) is 13.9. The lowest BCUT2D eigenvalue weighted by atomic mass is 10.2. The van der Waals surface area contributed by atoms with Crippen molar-refractivity contribution in [1.29, 1.82) is 0 Å². The van der Waals surface area contributed by atoms with Gasteiger partial charge < -0.3 is 4.74 Å². The van der Waals surface area contributed by atoms with Crippen molar-refractivity contribution in [3.63, 3.8) is 0 Å². The van der Waals surface area contributed by atoms with Crippen molar-refractivity contribution >= 4 is 38.7 Å². The molecule has 17 heavy (non-hydrogen) atoms. The predicted octanol–water partition coefficient (Wildman–Crippen LogP) is 3.40. The SMILES string of the molecule is CC=CC(=O)OCCCCCCC[SiH2]C(Cl)Cl. The summed E-state index contributed by atoms with van der Waals surface area (Å²) in [6.45, 7) is 2.33. The molecule has 0 aliphatic heterocycles. The molecule has 0 aliphatic carbocycles. The molecule has 0 saturated heterocycles. The van der Waals surface area contributed by atoms with Gasteiger partial charge in [0.1, 0.15) is 0 Å². The lowest BCUT2D eigenvalue weighted by Gasteiger charge is -2.03. The highest BCUT2D eigenvalue weighted by Gasteiger charge is 1.99. The fourth-order valence-electron chi connectivity index (χ4n) is 1.46. The van der Waals surface area contributed by atoms with Crippen LogP contribution in [0.2, 0.25) is 6.04 Å². The van der Waals surface area contributed by atoms with Crippen molar-refractivity contribution < 1.29 is 9.53 Å². The highest BCUT2D eigenvalue weighted by molar-refractivity contribution is 6.68. The van der Waals surface area contributed by atoms with Gasteiger partial charge in [-0.2, -0.15) is 0 Å². The summed E-state index contributed by atoms with van der Waals surface area (Å²) in [6, 6.07) is 1.23. The second-order valence-corrected chi connectivity index (χ2v) is 8.38. The summed E-state index contributed by atoms with van der Waals surface area (Å²) >= 11 is 11.4. The summed E-state index contributed by atoms with van der Waals surface area (Å²) in [5.74, 6) is -0.242. The number of carbonyl (C=O) groups is 1. The topological polar surface area (TPSA) is 26.3 Å². The first kappa shape index (κ1) is 17.0. The first-order chi connectivity index (χ1) is 8.16. The van der Waals surface area contributed by atoms with Gasteiger partial charge in [0.25, 0.3) is 0 Å². The Hall–Kier alpha value is 0.00688. The second-order valence-electron chi connectivity index (χ2n) is 3.97. The van der Waals surface area contributed by atoms with Crippen molar-refractivity contribution in [2.45, 2.75) is 49.5 Å². The van der Waals surface area contributed by atoms with E-state index in [0.717, 1.165) is 12.8 Å². The van der Waals surface area contributed by atoms with Crippen LogP contribution < -0.4 is 0 Å². The second kappa shape index (κ2) is 12.5. The van der Waals surface area contributed by atoms with Gasteiger partial charge in [-0.05, 0) is 13.3 Å². The molecule has 0 aromatic heterocycles. The lowest BCUT2D eigenvalue weighted by Crippen LogP contribution is -2.02. The summed E-state index contributed by atoms with van der Waals surface area (Å²) in [6.07, 6.45) is 8.87. The lowest BCUT2D eigenvalue weighted by molar-refractivity contribution is -0.137. The van der Waals surface area contributed by atoms with Crippen LogP contribution in [0.25, 0.3) is 0 Å². The van der Waals surface area contributed by atoms with Crippen LogP contribution in [-0.4, -0.2) is 26.6 Å². The van der Waals surface area contributed by atoms with Crippen molar-refractivity contribution in [2.75, 3.05) is 6.61 Å². The zero-order valence-corrected chi connectivity index (χ0v) is 13.4. The van der Waals surface area contributed by atoms with Gasteiger partial charge in [-0.1, -0.05) is 37.8 Å². The van der Waals surface area contributed by atoms with Gasteiger partial charge in [0, 0.05) is 6.08 Å². The van der Waals surface area contributed by atoms with Gasteiger partial charge in [0.2, 0.25) is 0 Å². The van der Waals surface area contributed by atoms with E-state index in [1.165, 1.54) is 31.4 Å². The molecule has 0 heterocycles. The average Bonchev–Trinajstić information content (AvgIpc) is 2.27. The molecule has 0 aliphatic rings. The van der Waals surface area contributed by atoms with Gasteiger partial charge in [-0.3, -0.25) is 0 Å². The Balaban J connectivity index is 3.11. The highest BCUT2D eigenvalue weighted by Crippen LogP contribution is 2.09. The van der Waals surface area contributed by atoms with Crippen LogP contribution in [0, 0.1) is 0 Å². The molecule has 0 radical (unpaired) electrons. The van der Waals surface area contributed by atoms with Crippen molar-refractivity contribution in [2.24, 2.45) is 0 Å². The van der Waals surface area contributed by atoms with Crippen molar-refractivity contribution in [3.8, 4) is 0 Å². The molecule has 0 aromatic carbocycles. The van der Waals surface area contributed by atoms with E-state index < -0.39 is 0 Å². The number of ether oxygens (including phenoxy) is 1. The monoisotopic (exact) mass is 296 g/mol. The van der Waals surface area contributed by atoms with Crippen molar-refractivity contribution in [1.82, 2.24) is 0 Å². The molecule has 0 spiro atoms. The largest absolute Gasteiger partial charge is 0.463 e. The number of carbonyl (C=O) groups excluding carboxylic acids is 1. The number of allylic oxidation sites excluding steroid dienone is 1. The maximum Gasteiger partial charge on any atom is 0.330 e. The molecule has 0 fully saturated rings. The molecule has 0 atom stereocenters. The fraction of sp³-hybridized carbons (Fsp3) is 0.750. The Bertz CT molecular complexity index is 221. The molecule has 0 saturated carbocycles. The summed E-state index contributed by atoms with van der Waals surface area (Å²) in [5.41, 5.74) is 0. The number of unbranched alkanes of at least 4 members (excludes halogenated alkanes) is 4. The Kier molecular flexibility index (Phi) is 12.5. The molecule has 0 bridgehead atoms. The highest BCUT2D eigenvalue weighted by atomic mass is 35.5. The van der Waals surface area contributed by atoms with Gasteiger partial charge >= 0.3 is 5.97 Å². The summed E-state index contributed by atoms with van der Waals surface area (Å²) in [4.78, 5) is 11.0. The number of hydrogen-bond donors (Lipinski definition) is 0. The number of halogens is 2. The van der Waals surface area contributed by atoms with Gasteiger partial charge in [-0.15, -0.1) is 23.2 Å². The van der Waals surface area contributed by atoms with E-state index in [1.54, 1.807) is 13.0 Å². The fourth-order valence-corrected chi connectivity index (χ4v) is 3.34. The van der Waals surface area contributed by atoms with Crippen molar-refractivity contribution in [3.05, 3.63) is 12.2 Å². The van der Waals surface area contributed by atoms with E-state index in [1.807, 2.05) is 0 Å². The summed E-state index contributed by atoms with van der Waals surface area (Å²) in [5, 5.41) is 0. The van der Waals surface area contributed by atoms with Crippen LogP contribution in [0.1, 0.15) is 39.0 Å². The van der Waals surface area contributed by atoms with Crippen LogP contribution in [0.15, 0.2) is 12.2 Å². The van der Waals surface area contributed by atoms with Crippen LogP contribution in [0.5, 0.6) is 0 Å². The van der Waals surface area contributed by atoms with Crippen LogP contribution >= 0.6 is 23.2 Å². The minimum absolute atomic E-state index is 0.0824. The van der Waals surface area contributed by atoms with Crippen LogP contribution in [0.3, 0.4) is 0 Å². The minimum Gasteiger partial charge on any atom is -0.463 e. The smallest absolute Gasteiger partial charge is 0.330 e. The average molecular weight is 297 g/mol. The molecule has 0 unspecified atom stereocenters. The molecule has 100 valence electrons. The zero-order chi connectivity index (χ0) is 12.9. The number of hydrogen-bond acceptors (Lipinski definition) is 2. The molecular weight excluding hydrogens is 275 g/mol.